The predicted octanol–water partition coefficient (Wildman–Crippen LogP) is 1.44. The summed E-state index contributed by atoms with van der Waals surface area (Å²) in [5, 5.41) is 10.0. The van der Waals surface area contributed by atoms with E-state index < -0.39 is 0 Å². The van der Waals surface area contributed by atoms with Crippen molar-refractivity contribution in [3.63, 3.8) is 0 Å². The third-order valence-electron chi connectivity index (χ3n) is 3.34. The minimum Gasteiger partial charge on any atom is -0.472 e. The van der Waals surface area contributed by atoms with Gasteiger partial charge in [0.25, 0.3) is 5.88 Å². The van der Waals surface area contributed by atoms with Crippen molar-refractivity contribution in [3.8, 4) is 17.3 Å². The Balaban J connectivity index is 1.49. The van der Waals surface area contributed by atoms with Gasteiger partial charge in [-0.05, 0) is 12.1 Å². The summed E-state index contributed by atoms with van der Waals surface area (Å²) < 4.78 is 11.7. The van der Waals surface area contributed by atoms with E-state index in [1.54, 1.807) is 23.9 Å². The van der Waals surface area contributed by atoms with Crippen LogP contribution in [0.1, 0.15) is 5.69 Å². The first-order chi connectivity index (χ1) is 11.7. The fraction of sp³-hybridized carbons (Fsp3) is 0.250. The lowest BCUT2D eigenvalue weighted by atomic mass is 10.2. The average Bonchev–Trinajstić information content (AvgIpc) is 3.21. The molecule has 0 atom stereocenters. The molecule has 0 aliphatic carbocycles. The van der Waals surface area contributed by atoms with Gasteiger partial charge in [0, 0.05) is 18.0 Å². The molecule has 2 heterocycles. The number of rotatable bonds is 7. The van der Waals surface area contributed by atoms with Gasteiger partial charge in [-0.3, -0.25) is 4.79 Å². The van der Waals surface area contributed by atoms with Crippen LogP contribution >= 0.6 is 0 Å². The number of hydrogen-bond acceptors (Lipinski definition) is 6. The maximum atomic E-state index is 12.1. The average molecular weight is 327 g/mol. The van der Waals surface area contributed by atoms with Crippen molar-refractivity contribution in [1.29, 1.82) is 0 Å². The summed E-state index contributed by atoms with van der Waals surface area (Å²) in [6.45, 7) is 2.57. The molecule has 3 aromatic rings. The van der Waals surface area contributed by atoms with E-state index >= 15 is 0 Å². The molecule has 0 unspecified atom stereocenters. The predicted molar refractivity (Wildman–Crippen MR) is 85.2 cm³/mol. The molecule has 0 spiro atoms. The number of aromatic nitrogens is 4. The van der Waals surface area contributed by atoms with Gasteiger partial charge in [-0.15, -0.1) is 0 Å². The summed E-state index contributed by atoms with van der Waals surface area (Å²) >= 11 is 0. The maximum Gasteiger partial charge on any atom is 0.278 e. The molecule has 8 heteroatoms. The van der Waals surface area contributed by atoms with E-state index in [4.69, 9.17) is 4.74 Å². The molecule has 124 valence electrons. The molecule has 0 fully saturated rings. The third-order valence-corrected chi connectivity index (χ3v) is 3.34. The van der Waals surface area contributed by atoms with Crippen LogP contribution in [-0.4, -0.2) is 38.9 Å². The minimum atomic E-state index is -0.121. The van der Waals surface area contributed by atoms with Crippen LogP contribution in [-0.2, 0) is 11.3 Å². The Labute approximate surface area is 138 Å². The van der Waals surface area contributed by atoms with Crippen LogP contribution in [0.25, 0.3) is 11.4 Å². The van der Waals surface area contributed by atoms with Crippen molar-refractivity contribution in [2.24, 2.45) is 0 Å². The number of carbonyl (C=O) groups excluding carboxylic acids is 1. The monoisotopic (exact) mass is 327 g/mol. The Morgan fingerprint density at radius 1 is 1.29 bits per heavy atom. The van der Waals surface area contributed by atoms with Crippen molar-refractivity contribution in [2.75, 3.05) is 13.2 Å². The number of hydrogen-bond donors (Lipinski definition) is 1. The second-order valence-corrected chi connectivity index (χ2v) is 5.10. The highest BCUT2D eigenvalue weighted by molar-refractivity contribution is 5.76. The van der Waals surface area contributed by atoms with Crippen molar-refractivity contribution >= 4 is 5.91 Å². The van der Waals surface area contributed by atoms with E-state index in [9.17, 15) is 4.79 Å². The molecule has 0 bridgehead atoms. The summed E-state index contributed by atoms with van der Waals surface area (Å²) in [6.07, 6.45) is 3.46. The highest BCUT2D eigenvalue weighted by atomic mass is 16.6. The Morgan fingerprint density at radius 3 is 2.88 bits per heavy atom. The zero-order valence-electron chi connectivity index (χ0n) is 13.2. The second kappa shape index (κ2) is 7.40. The van der Waals surface area contributed by atoms with Gasteiger partial charge in [0.1, 0.15) is 24.7 Å². The zero-order valence-corrected chi connectivity index (χ0v) is 13.2. The first-order valence-corrected chi connectivity index (χ1v) is 7.49. The number of carbonyl (C=O) groups is 1. The zero-order chi connectivity index (χ0) is 16.8. The van der Waals surface area contributed by atoms with E-state index in [0.717, 1.165) is 11.4 Å². The number of imidazole rings is 1. The van der Waals surface area contributed by atoms with E-state index in [0.29, 0.717) is 18.1 Å². The topological polar surface area (TPSA) is 95.1 Å². The van der Waals surface area contributed by atoms with E-state index in [2.05, 4.69) is 25.2 Å². The number of benzene rings is 1. The van der Waals surface area contributed by atoms with E-state index in [1.807, 2.05) is 30.3 Å². The number of nitrogens with zero attached hydrogens (tertiary/aromatic N) is 4. The molecular formula is C16H17N5O3. The summed E-state index contributed by atoms with van der Waals surface area (Å²) in [4.78, 5) is 16.4. The Kier molecular flexibility index (Phi) is 4.85. The van der Waals surface area contributed by atoms with Gasteiger partial charge in [0.2, 0.25) is 5.91 Å². The minimum absolute atomic E-state index is 0.121. The molecule has 3 rings (SSSR count). The van der Waals surface area contributed by atoms with Crippen LogP contribution in [0.15, 0.2) is 47.4 Å². The Morgan fingerprint density at radius 2 is 2.12 bits per heavy atom. The standard InChI is InChI=1S/C16H17N5O3/c1-12-16(20-24-19-12)23-10-8-17-14(22)11-21-9-7-18-15(21)13-5-3-2-4-6-13/h2-7,9H,8,10-11H2,1H3,(H,17,22). The Hall–Kier alpha value is -3.16. The molecule has 0 radical (unpaired) electrons. The highest BCUT2D eigenvalue weighted by Crippen LogP contribution is 2.16. The van der Waals surface area contributed by atoms with Gasteiger partial charge in [-0.2, -0.15) is 0 Å². The van der Waals surface area contributed by atoms with Gasteiger partial charge in [-0.25, -0.2) is 9.61 Å². The molecule has 0 saturated heterocycles. The van der Waals surface area contributed by atoms with Gasteiger partial charge >= 0.3 is 0 Å². The summed E-state index contributed by atoms with van der Waals surface area (Å²) in [5.74, 6) is 0.972. The van der Waals surface area contributed by atoms with Crippen molar-refractivity contribution in [2.45, 2.75) is 13.5 Å². The molecule has 1 N–H and O–H groups in total. The summed E-state index contributed by atoms with van der Waals surface area (Å²) in [5.41, 5.74) is 1.54. The number of aryl methyl sites for hydroxylation is 1. The molecule has 2 aromatic heterocycles. The van der Waals surface area contributed by atoms with E-state index in [1.165, 1.54) is 0 Å². The second-order valence-electron chi connectivity index (χ2n) is 5.10. The maximum absolute atomic E-state index is 12.1. The smallest absolute Gasteiger partial charge is 0.278 e. The fourth-order valence-electron chi connectivity index (χ4n) is 2.19. The fourth-order valence-corrected chi connectivity index (χ4v) is 2.19. The van der Waals surface area contributed by atoms with Gasteiger partial charge in [0.15, 0.2) is 0 Å². The third kappa shape index (κ3) is 3.78. The molecule has 8 nitrogen and oxygen atoms in total. The first kappa shape index (κ1) is 15.7. The van der Waals surface area contributed by atoms with Crippen LogP contribution < -0.4 is 10.1 Å². The first-order valence-electron chi connectivity index (χ1n) is 7.49. The quantitative estimate of drug-likeness (QED) is 0.660. The molecule has 24 heavy (non-hydrogen) atoms. The molecule has 1 aromatic carbocycles. The van der Waals surface area contributed by atoms with Crippen LogP contribution in [0.4, 0.5) is 0 Å². The lowest BCUT2D eigenvalue weighted by Gasteiger charge is -2.09. The summed E-state index contributed by atoms with van der Waals surface area (Å²) in [7, 11) is 0. The highest BCUT2D eigenvalue weighted by Gasteiger charge is 2.10. The van der Waals surface area contributed by atoms with Gasteiger partial charge < -0.3 is 14.6 Å². The van der Waals surface area contributed by atoms with Gasteiger partial charge in [-0.1, -0.05) is 35.5 Å². The van der Waals surface area contributed by atoms with Crippen molar-refractivity contribution in [3.05, 3.63) is 48.4 Å². The Bertz CT molecular complexity index is 797. The molecule has 1 amide bonds. The molecular weight excluding hydrogens is 310 g/mol. The lowest BCUT2D eigenvalue weighted by Crippen LogP contribution is -2.31. The van der Waals surface area contributed by atoms with E-state index in [-0.39, 0.29) is 19.1 Å². The lowest BCUT2D eigenvalue weighted by molar-refractivity contribution is -0.121. The van der Waals surface area contributed by atoms with Crippen LogP contribution in [0.5, 0.6) is 5.88 Å². The molecule has 0 aliphatic rings. The number of ether oxygens (including phenoxy) is 1. The largest absolute Gasteiger partial charge is 0.472 e. The van der Waals surface area contributed by atoms with Crippen LogP contribution in [0, 0.1) is 6.92 Å². The summed E-state index contributed by atoms with van der Waals surface area (Å²) in [6, 6.07) is 9.73. The van der Waals surface area contributed by atoms with Gasteiger partial charge in [0.05, 0.1) is 6.54 Å². The van der Waals surface area contributed by atoms with Crippen LogP contribution in [0.2, 0.25) is 0 Å². The van der Waals surface area contributed by atoms with Crippen molar-refractivity contribution < 1.29 is 14.2 Å². The normalized spacial score (nSPS) is 10.5. The van der Waals surface area contributed by atoms with Crippen molar-refractivity contribution in [1.82, 2.24) is 25.2 Å². The molecule has 0 aliphatic heterocycles. The SMILES string of the molecule is Cc1nonc1OCCNC(=O)Cn1ccnc1-c1ccccc1. The number of nitrogens with one attached hydrogen (secondary N) is 1. The molecule has 0 saturated carbocycles. The van der Waals surface area contributed by atoms with Crippen LogP contribution in [0.3, 0.4) is 0 Å². The number of amides is 1.